The van der Waals surface area contributed by atoms with E-state index in [0.717, 1.165) is 16.7 Å². The number of fused-ring (bicyclic) bond motifs is 1. The Hall–Kier alpha value is -1.94. The van der Waals surface area contributed by atoms with Gasteiger partial charge in [-0.15, -0.1) is 0 Å². The first-order valence-electron chi connectivity index (χ1n) is 6.00. The fourth-order valence-electron chi connectivity index (χ4n) is 2.31. The Balaban J connectivity index is 1.92. The van der Waals surface area contributed by atoms with E-state index < -0.39 is 0 Å². The van der Waals surface area contributed by atoms with Crippen LogP contribution in [0.25, 0.3) is 5.57 Å². The molecule has 0 aromatic carbocycles. The molecule has 1 aromatic heterocycles. The Morgan fingerprint density at radius 2 is 2.28 bits per heavy atom. The van der Waals surface area contributed by atoms with Crippen molar-refractivity contribution in [2.24, 2.45) is 18.0 Å². The monoisotopic (exact) mass is 241 g/mol. The normalized spacial score (nSPS) is 25.7. The van der Waals surface area contributed by atoms with E-state index >= 15 is 0 Å². The van der Waals surface area contributed by atoms with E-state index in [2.05, 4.69) is 22.2 Å². The van der Waals surface area contributed by atoms with Gasteiger partial charge in [-0.25, -0.2) is 0 Å². The van der Waals surface area contributed by atoms with Gasteiger partial charge in [0.05, 0.1) is 18.8 Å². The minimum absolute atomic E-state index is 0.0828. The summed E-state index contributed by atoms with van der Waals surface area (Å²) in [5, 5.41) is 13.3. The van der Waals surface area contributed by atoms with Crippen molar-refractivity contribution in [1.29, 1.82) is 0 Å². The number of aliphatic hydroxyl groups is 1. The molecule has 0 bridgehead atoms. The van der Waals surface area contributed by atoms with Crippen LogP contribution in [0.2, 0.25) is 0 Å². The summed E-state index contributed by atoms with van der Waals surface area (Å²) in [6.07, 6.45) is 14.0. The van der Waals surface area contributed by atoms with Crippen LogP contribution in [0.15, 0.2) is 47.3 Å². The van der Waals surface area contributed by atoms with E-state index in [0.29, 0.717) is 0 Å². The molecular formula is C14H15N3O. The number of aliphatic imine (C=N–C) groups is 1. The van der Waals surface area contributed by atoms with Gasteiger partial charge >= 0.3 is 0 Å². The van der Waals surface area contributed by atoms with Crippen LogP contribution in [0.4, 0.5) is 0 Å². The predicted octanol–water partition coefficient (Wildman–Crippen LogP) is 1.36. The molecule has 4 nitrogen and oxygen atoms in total. The summed E-state index contributed by atoms with van der Waals surface area (Å²) < 4.78 is 1.78. The first-order valence-corrected chi connectivity index (χ1v) is 6.00. The summed E-state index contributed by atoms with van der Waals surface area (Å²) in [5.41, 5.74) is 3.12. The van der Waals surface area contributed by atoms with Gasteiger partial charge in [0.1, 0.15) is 0 Å². The molecule has 1 N–H and O–H groups in total. The zero-order chi connectivity index (χ0) is 12.5. The van der Waals surface area contributed by atoms with Crippen LogP contribution in [-0.4, -0.2) is 33.8 Å². The van der Waals surface area contributed by atoms with Gasteiger partial charge in [0.15, 0.2) is 0 Å². The number of allylic oxidation sites excluding steroid dienone is 1. The lowest BCUT2D eigenvalue weighted by molar-refractivity contribution is 0.333. The van der Waals surface area contributed by atoms with E-state index in [-0.39, 0.29) is 18.6 Å². The van der Waals surface area contributed by atoms with E-state index in [1.54, 1.807) is 4.68 Å². The molecule has 0 saturated heterocycles. The van der Waals surface area contributed by atoms with Gasteiger partial charge < -0.3 is 5.11 Å². The molecule has 18 heavy (non-hydrogen) atoms. The molecule has 3 rings (SSSR count). The molecule has 2 atom stereocenters. The van der Waals surface area contributed by atoms with Crippen molar-refractivity contribution < 1.29 is 5.11 Å². The highest BCUT2D eigenvalue weighted by Crippen LogP contribution is 2.28. The van der Waals surface area contributed by atoms with E-state index in [4.69, 9.17) is 0 Å². The number of hydrogen-bond donors (Lipinski definition) is 1. The Bertz CT molecular complexity index is 578. The van der Waals surface area contributed by atoms with Crippen LogP contribution >= 0.6 is 0 Å². The molecule has 0 radical (unpaired) electrons. The van der Waals surface area contributed by atoms with E-state index in [9.17, 15) is 5.11 Å². The Labute approximate surface area is 106 Å². The minimum atomic E-state index is 0.0828. The summed E-state index contributed by atoms with van der Waals surface area (Å²) >= 11 is 0. The molecular weight excluding hydrogens is 226 g/mol. The maximum atomic E-state index is 9.18. The number of rotatable bonds is 2. The van der Waals surface area contributed by atoms with Gasteiger partial charge in [-0.05, 0) is 11.1 Å². The molecule has 1 aliphatic heterocycles. The largest absolute Gasteiger partial charge is 0.392 e. The summed E-state index contributed by atoms with van der Waals surface area (Å²) in [6, 6.07) is 0.167. The topological polar surface area (TPSA) is 50.4 Å². The highest BCUT2D eigenvalue weighted by molar-refractivity contribution is 6.10. The zero-order valence-electron chi connectivity index (χ0n) is 10.2. The van der Waals surface area contributed by atoms with Crippen molar-refractivity contribution in [2.45, 2.75) is 6.04 Å². The molecule has 92 valence electrons. The average Bonchev–Trinajstić information content (AvgIpc) is 2.84. The summed E-state index contributed by atoms with van der Waals surface area (Å²) in [6.45, 7) is 0.0828. The number of aromatic nitrogens is 2. The SMILES string of the molecule is Cn1cc(C2=CC3C=C(CO)C=CC3N=C2)cn1. The molecule has 1 aliphatic carbocycles. The fourth-order valence-corrected chi connectivity index (χ4v) is 2.31. The Morgan fingerprint density at radius 1 is 1.39 bits per heavy atom. The lowest BCUT2D eigenvalue weighted by Gasteiger charge is -2.24. The number of aryl methyl sites for hydroxylation is 1. The van der Waals surface area contributed by atoms with Crippen LogP contribution in [0.5, 0.6) is 0 Å². The number of hydrogen-bond acceptors (Lipinski definition) is 3. The summed E-state index contributed by atoms with van der Waals surface area (Å²) in [7, 11) is 1.90. The average molecular weight is 241 g/mol. The van der Waals surface area contributed by atoms with Crippen molar-refractivity contribution in [1.82, 2.24) is 9.78 Å². The summed E-state index contributed by atoms with van der Waals surface area (Å²) in [4.78, 5) is 4.54. The Kier molecular flexibility index (Phi) is 2.72. The highest BCUT2D eigenvalue weighted by Gasteiger charge is 2.22. The third-order valence-corrected chi connectivity index (χ3v) is 3.29. The van der Waals surface area contributed by atoms with Crippen LogP contribution in [0, 0.1) is 5.92 Å². The molecule has 0 amide bonds. The maximum Gasteiger partial charge on any atom is 0.0780 e. The lowest BCUT2D eigenvalue weighted by atomic mass is 9.87. The van der Waals surface area contributed by atoms with E-state index in [1.165, 1.54) is 0 Å². The van der Waals surface area contributed by atoms with Crippen LogP contribution in [-0.2, 0) is 7.05 Å². The van der Waals surface area contributed by atoms with Gasteiger partial charge in [-0.1, -0.05) is 24.3 Å². The minimum Gasteiger partial charge on any atom is -0.392 e. The third-order valence-electron chi connectivity index (χ3n) is 3.29. The van der Waals surface area contributed by atoms with Crippen molar-refractivity contribution in [3.8, 4) is 0 Å². The van der Waals surface area contributed by atoms with Crippen molar-refractivity contribution in [3.63, 3.8) is 0 Å². The number of aliphatic hydroxyl groups excluding tert-OH is 1. The van der Waals surface area contributed by atoms with Crippen molar-refractivity contribution >= 4 is 11.8 Å². The molecule has 2 aliphatic rings. The van der Waals surface area contributed by atoms with Crippen molar-refractivity contribution in [2.75, 3.05) is 6.61 Å². The van der Waals surface area contributed by atoms with Gasteiger partial charge in [-0.3, -0.25) is 9.67 Å². The second-order valence-electron chi connectivity index (χ2n) is 4.63. The van der Waals surface area contributed by atoms with Crippen LogP contribution in [0.3, 0.4) is 0 Å². The second kappa shape index (κ2) is 4.38. The van der Waals surface area contributed by atoms with E-state index in [1.807, 2.05) is 37.8 Å². The molecule has 1 aromatic rings. The quantitative estimate of drug-likeness (QED) is 0.850. The predicted molar refractivity (Wildman–Crippen MR) is 71.3 cm³/mol. The number of dihydropyridines is 1. The van der Waals surface area contributed by atoms with Gasteiger partial charge in [0, 0.05) is 30.9 Å². The molecule has 4 heteroatoms. The lowest BCUT2D eigenvalue weighted by Crippen LogP contribution is -2.20. The molecule has 0 fully saturated rings. The fraction of sp³-hybridized carbons (Fsp3) is 0.286. The third kappa shape index (κ3) is 1.95. The molecule has 2 heterocycles. The second-order valence-corrected chi connectivity index (χ2v) is 4.63. The van der Waals surface area contributed by atoms with Crippen LogP contribution < -0.4 is 0 Å². The number of nitrogens with zero attached hydrogens (tertiary/aromatic N) is 3. The first-order chi connectivity index (χ1) is 8.76. The van der Waals surface area contributed by atoms with Gasteiger partial charge in [-0.2, -0.15) is 5.10 Å². The van der Waals surface area contributed by atoms with Gasteiger partial charge in [0.25, 0.3) is 0 Å². The molecule has 0 spiro atoms. The van der Waals surface area contributed by atoms with Crippen LogP contribution in [0.1, 0.15) is 5.56 Å². The highest BCUT2D eigenvalue weighted by atomic mass is 16.3. The first kappa shape index (κ1) is 11.2. The molecule has 2 unspecified atom stereocenters. The standard InChI is InChI=1S/C14H15N3O/c1-17-8-13(7-16-17)12-5-11-4-10(9-18)2-3-14(11)15-6-12/h2-8,11,14,18H,9H2,1H3. The van der Waals surface area contributed by atoms with Crippen molar-refractivity contribution in [3.05, 3.63) is 47.8 Å². The Morgan fingerprint density at radius 3 is 3.00 bits per heavy atom. The molecule has 0 saturated carbocycles. The maximum absolute atomic E-state index is 9.18. The van der Waals surface area contributed by atoms with Gasteiger partial charge in [0.2, 0.25) is 0 Å². The smallest absolute Gasteiger partial charge is 0.0780 e. The summed E-state index contributed by atoms with van der Waals surface area (Å²) in [5.74, 6) is 0.234. The zero-order valence-corrected chi connectivity index (χ0v) is 10.2.